The summed E-state index contributed by atoms with van der Waals surface area (Å²) in [6.07, 6.45) is 1.30. The average molecular weight is 261 g/mol. The van der Waals surface area contributed by atoms with Gasteiger partial charge in [-0.05, 0) is 18.2 Å². The van der Waals surface area contributed by atoms with Crippen molar-refractivity contribution in [1.82, 2.24) is 0 Å². The van der Waals surface area contributed by atoms with Gasteiger partial charge in [0.25, 0.3) is 5.69 Å². The Hall–Kier alpha value is -3.03. The van der Waals surface area contributed by atoms with Gasteiger partial charge >= 0.3 is 5.88 Å². The SMILES string of the molecule is O=[N+]([O-])c1ccc(N=Cc2ccc([N+](=O)[O-])o2)cc1. The molecule has 0 unspecified atom stereocenters. The van der Waals surface area contributed by atoms with Crippen molar-refractivity contribution in [1.29, 1.82) is 0 Å². The van der Waals surface area contributed by atoms with Crippen molar-refractivity contribution in [3.63, 3.8) is 0 Å². The second kappa shape index (κ2) is 5.08. The minimum absolute atomic E-state index is 0.0346. The summed E-state index contributed by atoms with van der Waals surface area (Å²) in [7, 11) is 0. The van der Waals surface area contributed by atoms with Crippen LogP contribution in [0.2, 0.25) is 0 Å². The van der Waals surface area contributed by atoms with Gasteiger partial charge < -0.3 is 4.42 Å². The second-order valence-corrected chi connectivity index (χ2v) is 3.46. The van der Waals surface area contributed by atoms with E-state index in [4.69, 9.17) is 4.42 Å². The van der Waals surface area contributed by atoms with Crippen molar-refractivity contribution in [2.24, 2.45) is 4.99 Å². The lowest BCUT2D eigenvalue weighted by atomic mass is 10.3. The highest BCUT2D eigenvalue weighted by Crippen LogP contribution is 2.19. The Kier molecular flexibility index (Phi) is 3.33. The standard InChI is InChI=1S/C11H7N3O5/c15-13(16)9-3-1-8(2-4-9)12-7-10-5-6-11(19-10)14(17)18/h1-7H. The first-order valence-electron chi connectivity index (χ1n) is 5.09. The third-order valence-corrected chi connectivity index (χ3v) is 2.19. The number of nitro groups is 2. The fraction of sp³-hybridized carbons (Fsp3) is 0. The van der Waals surface area contributed by atoms with Gasteiger partial charge in [0.05, 0.1) is 22.9 Å². The number of non-ortho nitro benzene ring substituents is 1. The Labute approximate surface area is 106 Å². The molecule has 0 atom stereocenters. The molecule has 0 aliphatic heterocycles. The highest BCUT2D eigenvalue weighted by Gasteiger charge is 2.10. The predicted octanol–water partition coefficient (Wildman–Crippen LogP) is 2.85. The fourth-order valence-electron chi connectivity index (χ4n) is 1.31. The zero-order chi connectivity index (χ0) is 13.8. The number of benzene rings is 1. The number of aliphatic imine (C=N–C) groups is 1. The van der Waals surface area contributed by atoms with E-state index in [9.17, 15) is 20.2 Å². The Bertz CT molecular complexity index is 645. The van der Waals surface area contributed by atoms with E-state index in [1.54, 1.807) is 0 Å². The smallest absolute Gasteiger partial charge is 0.400 e. The summed E-state index contributed by atoms with van der Waals surface area (Å²) in [5.41, 5.74) is 0.442. The third kappa shape index (κ3) is 3.00. The summed E-state index contributed by atoms with van der Waals surface area (Å²) in [4.78, 5) is 23.7. The van der Waals surface area contributed by atoms with Crippen molar-refractivity contribution < 1.29 is 14.3 Å². The van der Waals surface area contributed by atoms with Gasteiger partial charge in [-0.25, -0.2) is 0 Å². The van der Waals surface area contributed by atoms with Gasteiger partial charge in [0.15, 0.2) is 5.76 Å². The van der Waals surface area contributed by atoms with E-state index in [1.165, 1.54) is 42.6 Å². The first-order chi connectivity index (χ1) is 9.06. The average Bonchev–Trinajstić information content (AvgIpc) is 2.86. The van der Waals surface area contributed by atoms with Crippen LogP contribution in [0.3, 0.4) is 0 Å². The molecule has 8 heteroatoms. The number of nitrogens with zero attached hydrogens (tertiary/aromatic N) is 3. The van der Waals surface area contributed by atoms with Gasteiger partial charge in [-0.3, -0.25) is 25.2 Å². The quantitative estimate of drug-likeness (QED) is 0.477. The molecule has 0 amide bonds. The van der Waals surface area contributed by atoms with Crippen molar-refractivity contribution in [3.05, 3.63) is 62.4 Å². The Balaban J connectivity index is 2.13. The number of hydrogen-bond acceptors (Lipinski definition) is 6. The first-order valence-corrected chi connectivity index (χ1v) is 5.09. The molecule has 0 saturated heterocycles. The molecule has 19 heavy (non-hydrogen) atoms. The molecule has 96 valence electrons. The van der Waals surface area contributed by atoms with E-state index < -0.39 is 9.85 Å². The summed E-state index contributed by atoms with van der Waals surface area (Å²) >= 11 is 0. The predicted molar refractivity (Wildman–Crippen MR) is 65.7 cm³/mol. The maximum absolute atomic E-state index is 10.4. The molecule has 0 radical (unpaired) electrons. The second-order valence-electron chi connectivity index (χ2n) is 3.46. The molecule has 1 aromatic carbocycles. The van der Waals surface area contributed by atoms with Gasteiger partial charge in [-0.2, -0.15) is 0 Å². The molecule has 2 rings (SSSR count). The number of hydrogen-bond donors (Lipinski definition) is 0. The molecular formula is C11H7N3O5. The number of furan rings is 1. The van der Waals surface area contributed by atoms with Crippen molar-refractivity contribution >= 4 is 23.5 Å². The molecule has 0 bridgehead atoms. The van der Waals surface area contributed by atoms with Crippen LogP contribution >= 0.6 is 0 Å². The molecule has 1 heterocycles. The lowest BCUT2D eigenvalue weighted by Gasteiger charge is -1.92. The van der Waals surface area contributed by atoms with E-state index in [0.717, 1.165) is 0 Å². The molecule has 0 aliphatic rings. The lowest BCUT2D eigenvalue weighted by molar-refractivity contribution is -0.402. The van der Waals surface area contributed by atoms with Crippen LogP contribution in [-0.4, -0.2) is 16.1 Å². The third-order valence-electron chi connectivity index (χ3n) is 2.19. The highest BCUT2D eigenvalue weighted by molar-refractivity contribution is 5.79. The van der Waals surface area contributed by atoms with E-state index in [-0.39, 0.29) is 17.3 Å². The van der Waals surface area contributed by atoms with Crippen LogP contribution in [0, 0.1) is 20.2 Å². The molecular weight excluding hydrogens is 254 g/mol. The van der Waals surface area contributed by atoms with Gasteiger partial charge in [0.2, 0.25) is 0 Å². The van der Waals surface area contributed by atoms with Crippen LogP contribution < -0.4 is 0 Å². The van der Waals surface area contributed by atoms with Crippen LogP contribution in [0.4, 0.5) is 17.3 Å². The normalized spacial score (nSPS) is 10.7. The van der Waals surface area contributed by atoms with E-state index in [2.05, 4.69) is 4.99 Å². The van der Waals surface area contributed by atoms with Gasteiger partial charge in [-0.1, -0.05) is 0 Å². The molecule has 0 saturated carbocycles. The van der Waals surface area contributed by atoms with Crippen molar-refractivity contribution in [3.8, 4) is 0 Å². The van der Waals surface area contributed by atoms with Crippen LogP contribution in [0.15, 0.2) is 45.8 Å². The summed E-state index contributed by atoms with van der Waals surface area (Å²) < 4.78 is 4.87. The summed E-state index contributed by atoms with van der Waals surface area (Å²) in [5, 5.41) is 20.8. The van der Waals surface area contributed by atoms with Crippen LogP contribution in [-0.2, 0) is 0 Å². The lowest BCUT2D eigenvalue weighted by Crippen LogP contribution is -1.85. The Morgan fingerprint density at radius 3 is 2.21 bits per heavy atom. The zero-order valence-corrected chi connectivity index (χ0v) is 9.42. The molecule has 0 spiro atoms. The molecule has 0 aliphatic carbocycles. The van der Waals surface area contributed by atoms with Gasteiger partial charge in [0, 0.05) is 12.1 Å². The summed E-state index contributed by atoms with van der Waals surface area (Å²) in [5.74, 6) is -0.143. The summed E-state index contributed by atoms with van der Waals surface area (Å²) in [6.45, 7) is 0. The maximum atomic E-state index is 10.4. The Morgan fingerprint density at radius 2 is 1.68 bits per heavy atom. The van der Waals surface area contributed by atoms with Gasteiger partial charge in [0.1, 0.15) is 4.92 Å². The monoisotopic (exact) mass is 261 g/mol. The van der Waals surface area contributed by atoms with Gasteiger partial charge in [-0.15, -0.1) is 0 Å². The topological polar surface area (TPSA) is 112 Å². The van der Waals surface area contributed by atoms with Crippen LogP contribution in [0.25, 0.3) is 0 Å². The van der Waals surface area contributed by atoms with Crippen LogP contribution in [0.1, 0.15) is 5.76 Å². The van der Waals surface area contributed by atoms with Crippen molar-refractivity contribution in [2.45, 2.75) is 0 Å². The Morgan fingerprint density at radius 1 is 1.00 bits per heavy atom. The molecule has 0 fully saturated rings. The minimum atomic E-state index is -0.650. The van der Waals surface area contributed by atoms with E-state index >= 15 is 0 Å². The van der Waals surface area contributed by atoms with Crippen LogP contribution in [0.5, 0.6) is 0 Å². The molecule has 0 N–H and O–H groups in total. The number of nitro benzene ring substituents is 1. The fourth-order valence-corrected chi connectivity index (χ4v) is 1.31. The van der Waals surface area contributed by atoms with Crippen molar-refractivity contribution in [2.75, 3.05) is 0 Å². The van der Waals surface area contributed by atoms with E-state index in [0.29, 0.717) is 5.69 Å². The summed E-state index contributed by atoms with van der Waals surface area (Å²) in [6, 6.07) is 8.19. The largest absolute Gasteiger partial charge is 0.433 e. The molecule has 8 nitrogen and oxygen atoms in total. The molecule has 2 aromatic rings. The maximum Gasteiger partial charge on any atom is 0.433 e. The minimum Gasteiger partial charge on any atom is -0.400 e. The zero-order valence-electron chi connectivity index (χ0n) is 9.42. The molecule has 1 aromatic heterocycles. The van der Waals surface area contributed by atoms with E-state index in [1.807, 2.05) is 0 Å². The highest BCUT2D eigenvalue weighted by atomic mass is 16.6. The number of rotatable bonds is 4. The first kappa shape index (κ1) is 12.4.